The Kier molecular flexibility index (Phi) is 3.92. The van der Waals surface area contributed by atoms with Crippen molar-refractivity contribution in [1.82, 2.24) is 4.98 Å². The Morgan fingerprint density at radius 1 is 1.26 bits per heavy atom. The van der Waals surface area contributed by atoms with Crippen molar-refractivity contribution in [2.75, 3.05) is 11.8 Å². The number of rotatable bonds is 4. The van der Waals surface area contributed by atoms with Gasteiger partial charge in [-0.2, -0.15) is 0 Å². The van der Waals surface area contributed by atoms with Gasteiger partial charge in [0.05, 0.1) is 12.0 Å². The van der Waals surface area contributed by atoms with Crippen LogP contribution in [0.15, 0.2) is 47.5 Å². The predicted molar refractivity (Wildman–Crippen MR) is 73.0 cm³/mol. The number of anilines is 1. The van der Waals surface area contributed by atoms with Crippen molar-refractivity contribution in [1.29, 1.82) is 0 Å². The first-order valence-corrected chi connectivity index (χ1v) is 7.16. The lowest BCUT2D eigenvalue weighted by atomic mass is 10.4. The molecule has 0 saturated carbocycles. The second-order valence-electron chi connectivity index (χ2n) is 3.62. The third kappa shape index (κ3) is 3.15. The number of ether oxygens (including phenoxy) is 1. The van der Waals surface area contributed by atoms with Crippen molar-refractivity contribution in [2.45, 2.75) is 4.90 Å². The normalized spacial score (nSPS) is 11.1. The molecular weight excluding hydrogens is 288 g/mol. The molecule has 7 heteroatoms. The number of sulfonamides is 1. The largest absolute Gasteiger partial charge is 0.480 e. The molecule has 0 aliphatic carbocycles. The molecule has 0 fully saturated rings. The van der Waals surface area contributed by atoms with E-state index in [0.717, 1.165) is 0 Å². The zero-order valence-electron chi connectivity index (χ0n) is 10.00. The maximum atomic E-state index is 12.2. The third-order valence-corrected chi connectivity index (χ3v) is 3.91. The van der Waals surface area contributed by atoms with Gasteiger partial charge in [0.25, 0.3) is 10.0 Å². The minimum Gasteiger partial charge on any atom is -0.480 e. The van der Waals surface area contributed by atoms with Crippen LogP contribution in [-0.4, -0.2) is 20.5 Å². The molecule has 0 bridgehead atoms. The summed E-state index contributed by atoms with van der Waals surface area (Å²) in [7, 11) is -2.31. The van der Waals surface area contributed by atoms with Gasteiger partial charge in [0.1, 0.15) is 5.69 Å². The van der Waals surface area contributed by atoms with Gasteiger partial charge in [-0.05, 0) is 30.3 Å². The van der Waals surface area contributed by atoms with E-state index in [1.165, 1.54) is 25.4 Å². The molecule has 0 unspecified atom stereocenters. The smallest absolute Gasteiger partial charge is 0.262 e. The van der Waals surface area contributed by atoms with Crippen LogP contribution in [0.5, 0.6) is 5.88 Å². The number of benzene rings is 1. The number of methoxy groups -OCH3 is 1. The number of hydrogen-bond acceptors (Lipinski definition) is 4. The molecule has 1 aromatic heterocycles. The van der Waals surface area contributed by atoms with E-state index in [1.807, 2.05) is 0 Å². The molecule has 0 aliphatic rings. The minimum atomic E-state index is -3.72. The van der Waals surface area contributed by atoms with Crippen LogP contribution in [0.1, 0.15) is 0 Å². The molecule has 19 heavy (non-hydrogen) atoms. The monoisotopic (exact) mass is 298 g/mol. The maximum absolute atomic E-state index is 12.2. The summed E-state index contributed by atoms with van der Waals surface area (Å²) in [5.74, 6) is 0.202. The Morgan fingerprint density at radius 3 is 2.74 bits per heavy atom. The average Bonchev–Trinajstić information content (AvgIpc) is 2.39. The van der Waals surface area contributed by atoms with Crippen LogP contribution >= 0.6 is 11.6 Å². The van der Waals surface area contributed by atoms with E-state index in [0.29, 0.717) is 5.02 Å². The Balaban J connectivity index is 2.37. The SMILES string of the molecule is COc1ncccc1NS(=O)(=O)c1cccc(Cl)c1. The topological polar surface area (TPSA) is 68.3 Å². The van der Waals surface area contributed by atoms with Crippen LogP contribution < -0.4 is 9.46 Å². The van der Waals surface area contributed by atoms with Gasteiger partial charge >= 0.3 is 0 Å². The Labute approximate surface area is 116 Å². The van der Waals surface area contributed by atoms with Gasteiger partial charge in [-0.1, -0.05) is 17.7 Å². The molecule has 0 atom stereocenters. The molecule has 0 spiro atoms. The highest BCUT2D eigenvalue weighted by Gasteiger charge is 2.16. The molecule has 5 nitrogen and oxygen atoms in total. The molecule has 0 saturated heterocycles. The molecule has 1 heterocycles. The number of aromatic nitrogens is 1. The van der Waals surface area contributed by atoms with Crippen molar-refractivity contribution in [3.05, 3.63) is 47.6 Å². The second kappa shape index (κ2) is 5.46. The summed E-state index contributed by atoms with van der Waals surface area (Å²) in [6.07, 6.45) is 1.51. The fraction of sp³-hybridized carbons (Fsp3) is 0.0833. The maximum Gasteiger partial charge on any atom is 0.262 e. The van der Waals surface area contributed by atoms with E-state index in [1.54, 1.807) is 24.3 Å². The number of nitrogens with one attached hydrogen (secondary N) is 1. The summed E-state index contributed by atoms with van der Waals surface area (Å²) < 4.78 is 31.7. The summed E-state index contributed by atoms with van der Waals surface area (Å²) in [5.41, 5.74) is 0.268. The summed E-state index contributed by atoms with van der Waals surface area (Å²) in [6, 6.07) is 9.17. The molecule has 100 valence electrons. The zero-order valence-corrected chi connectivity index (χ0v) is 11.6. The number of halogens is 1. The highest BCUT2D eigenvalue weighted by atomic mass is 35.5. The molecule has 1 aromatic carbocycles. The van der Waals surface area contributed by atoms with Crippen molar-refractivity contribution >= 4 is 27.3 Å². The number of nitrogens with zero attached hydrogens (tertiary/aromatic N) is 1. The summed E-state index contributed by atoms with van der Waals surface area (Å²) in [4.78, 5) is 3.99. The quantitative estimate of drug-likeness (QED) is 0.942. The van der Waals surface area contributed by atoms with Gasteiger partial charge in [-0.3, -0.25) is 4.72 Å². The minimum absolute atomic E-state index is 0.0749. The third-order valence-electron chi connectivity index (χ3n) is 2.32. The summed E-state index contributed by atoms with van der Waals surface area (Å²) in [6.45, 7) is 0. The van der Waals surface area contributed by atoms with Crippen LogP contribution in [0.2, 0.25) is 5.02 Å². The summed E-state index contributed by atoms with van der Waals surface area (Å²) in [5, 5.41) is 0.348. The van der Waals surface area contributed by atoms with Crippen LogP contribution in [0.4, 0.5) is 5.69 Å². The van der Waals surface area contributed by atoms with Gasteiger partial charge in [0.2, 0.25) is 5.88 Å². The van der Waals surface area contributed by atoms with Gasteiger partial charge < -0.3 is 4.74 Å². The lowest BCUT2D eigenvalue weighted by Gasteiger charge is -2.10. The molecule has 0 amide bonds. The molecule has 2 rings (SSSR count). The fourth-order valence-corrected chi connectivity index (χ4v) is 2.83. The van der Waals surface area contributed by atoms with E-state index in [2.05, 4.69) is 9.71 Å². The van der Waals surface area contributed by atoms with Gasteiger partial charge in [-0.15, -0.1) is 0 Å². The lowest BCUT2D eigenvalue weighted by Crippen LogP contribution is -2.13. The van der Waals surface area contributed by atoms with Gasteiger partial charge in [-0.25, -0.2) is 13.4 Å². The standard InChI is InChI=1S/C12H11ClN2O3S/c1-18-12-11(6-3-7-14-12)15-19(16,17)10-5-2-4-9(13)8-10/h2-8,15H,1H3. The number of hydrogen-bond donors (Lipinski definition) is 1. The summed E-state index contributed by atoms with van der Waals surface area (Å²) >= 11 is 5.78. The van der Waals surface area contributed by atoms with Crippen LogP contribution in [0.3, 0.4) is 0 Å². The Bertz CT molecular complexity index is 689. The van der Waals surface area contributed by atoms with Crippen molar-refractivity contribution < 1.29 is 13.2 Å². The number of pyridine rings is 1. The predicted octanol–water partition coefficient (Wildman–Crippen LogP) is 2.54. The molecule has 0 radical (unpaired) electrons. The zero-order chi connectivity index (χ0) is 13.9. The van der Waals surface area contributed by atoms with Crippen LogP contribution in [0, 0.1) is 0 Å². The molecule has 1 N–H and O–H groups in total. The first-order chi connectivity index (χ1) is 9.03. The van der Waals surface area contributed by atoms with Crippen LogP contribution in [0.25, 0.3) is 0 Å². The van der Waals surface area contributed by atoms with Crippen molar-refractivity contribution in [2.24, 2.45) is 0 Å². The van der Waals surface area contributed by atoms with E-state index in [9.17, 15) is 8.42 Å². The van der Waals surface area contributed by atoms with Gasteiger partial charge in [0, 0.05) is 11.2 Å². The molecule has 2 aromatic rings. The molecular formula is C12H11ClN2O3S. The average molecular weight is 299 g/mol. The first-order valence-electron chi connectivity index (χ1n) is 5.30. The second-order valence-corrected chi connectivity index (χ2v) is 5.74. The van der Waals surface area contributed by atoms with E-state index < -0.39 is 10.0 Å². The van der Waals surface area contributed by atoms with E-state index >= 15 is 0 Å². The Morgan fingerprint density at radius 2 is 2.05 bits per heavy atom. The van der Waals surface area contributed by atoms with Gasteiger partial charge in [0.15, 0.2) is 0 Å². The van der Waals surface area contributed by atoms with Crippen molar-refractivity contribution in [3.63, 3.8) is 0 Å². The van der Waals surface area contributed by atoms with E-state index in [4.69, 9.17) is 16.3 Å². The first kappa shape index (κ1) is 13.6. The van der Waals surface area contributed by atoms with Crippen molar-refractivity contribution in [3.8, 4) is 5.88 Å². The van der Waals surface area contributed by atoms with E-state index in [-0.39, 0.29) is 16.5 Å². The molecule has 0 aliphatic heterocycles. The van der Waals surface area contributed by atoms with Crippen LogP contribution in [-0.2, 0) is 10.0 Å². The highest BCUT2D eigenvalue weighted by molar-refractivity contribution is 7.92. The highest BCUT2D eigenvalue weighted by Crippen LogP contribution is 2.24. The lowest BCUT2D eigenvalue weighted by molar-refractivity contribution is 0.400. The fourth-order valence-electron chi connectivity index (χ4n) is 1.47. The Hall–Kier alpha value is -1.79.